The average molecular weight is 207 g/mol. The van der Waals surface area contributed by atoms with E-state index in [2.05, 4.69) is 5.32 Å². The first kappa shape index (κ1) is 10.3. The zero-order valence-electron chi connectivity index (χ0n) is 7.61. The Labute approximate surface area is 87.4 Å². The van der Waals surface area contributed by atoms with E-state index in [-0.39, 0.29) is 17.0 Å². The number of nitrogens with two attached hydrogens (primary N) is 1. The third-order valence-electron chi connectivity index (χ3n) is 2.01. The number of nitrogens with zero attached hydrogens (tertiary/aromatic N) is 3. The normalized spacial score (nSPS) is 21.2. The monoisotopic (exact) mass is 207 g/mol. The summed E-state index contributed by atoms with van der Waals surface area (Å²) in [6, 6.07) is 1.64. The molecule has 5 nitrogen and oxygen atoms in total. The number of rotatable bonds is 1. The Bertz CT molecular complexity index is 372. The van der Waals surface area contributed by atoms with Gasteiger partial charge in [0.05, 0.1) is 11.6 Å². The molecule has 1 atom stereocenters. The molecule has 0 aromatic heterocycles. The predicted molar refractivity (Wildman–Crippen MR) is 54.1 cm³/mol. The molecule has 0 fully saturated rings. The second-order valence-corrected chi connectivity index (χ2v) is 3.15. The van der Waals surface area contributed by atoms with Crippen molar-refractivity contribution in [3.05, 3.63) is 11.4 Å². The SMILES string of the molecule is CCC1C(C#N)=C(N)NC(=S)N1C#N. The highest BCUT2D eigenvalue weighted by molar-refractivity contribution is 7.80. The lowest BCUT2D eigenvalue weighted by Crippen LogP contribution is -2.50. The summed E-state index contributed by atoms with van der Waals surface area (Å²) in [6.07, 6.45) is 2.54. The van der Waals surface area contributed by atoms with E-state index in [1.165, 1.54) is 4.90 Å². The third-order valence-corrected chi connectivity index (χ3v) is 2.31. The average Bonchev–Trinajstić information content (AvgIpc) is 2.16. The van der Waals surface area contributed by atoms with Crippen LogP contribution in [0.2, 0.25) is 0 Å². The van der Waals surface area contributed by atoms with Crippen molar-refractivity contribution in [3.8, 4) is 12.3 Å². The molecular formula is C8H9N5S. The molecule has 0 radical (unpaired) electrons. The first-order chi connectivity index (χ1) is 6.65. The highest BCUT2D eigenvalue weighted by Gasteiger charge is 2.30. The highest BCUT2D eigenvalue weighted by Crippen LogP contribution is 2.18. The molecule has 1 unspecified atom stereocenters. The van der Waals surface area contributed by atoms with Gasteiger partial charge in [0.2, 0.25) is 0 Å². The maximum atomic E-state index is 8.86. The number of nitriles is 2. The van der Waals surface area contributed by atoms with E-state index in [4.69, 9.17) is 28.5 Å². The molecule has 0 amide bonds. The summed E-state index contributed by atoms with van der Waals surface area (Å²) in [6.45, 7) is 1.87. The van der Waals surface area contributed by atoms with Crippen LogP contribution in [-0.2, 0) is 0 Å². The molecule has 0 aliphatic carbocycles. The summed E-state index contributed by atoms with van der Waals surface area (Å²) in [4.78, 5) is 1.28. The molecule has 1 aliphatic heterocycles. The van der Waals surface area contributed by atoms with Gasteiger partial charge in [0.15, 0.2) is 11.3 Å². The van der Waals surface area contributed by atoms with E-state index in [0.717, 1.165) is 0 Å². The number of hydrogen-bond donors (Lipinski definition) is 2. The van der Waals surface area contributed by atoms with E-state index in [1.54, 1.807) is 0 Å². The molecule has 1 rings (SSSR count). The molecule has 14 heavy (non-hydrogen) atoms. The fourth-order valence-electron chi connectivity index (χ4n) is 1.33. The van der Waals surface area contributed by atoms with Gasteiger partial charge in [-0.1, -0.05) is 6.92 Å². The minimum atomic E-state index is -0.334. The van der Waals surface area contributed by atoms with Gasteiger partial charge >= 0.3 is 0 Å². The standard InChI is InChI=1S/C8H9N5S/c1-2-6-5(3-9)7(11)12-8(14)13(6)4-10/h6H,2,11H2,1H3,(H,12,14). The van der Waals surface area contributed by atoms with Gasteiger partial charge in [0.1, 0.15) is 11.9 Å². The van der Waals surface area contributed by atoms with E-state index >= 15 is 0 Å². The van der Waals surface area contributed by atoms with Crippen molar-refractivity contribution in [2.45, 2.75) is 19.4 Å². The summed E-state index contributed by atoms with van der Waals surface area (Å²) in [7, 11) is 0. The Morgan fingerprint density at radius 2 is 2.29 bits per heavy atom. The highest BCUT2D eigenvalue weighted by atomic mass is 32.1. The van der Waals surface area contributed by atoms with Crippen molar-refractivity contribution in [3.63, 3.8) is 0 Å². The van der Waals surface area contributed by atoms with Gasteiger partial charge in [0, 0.05) is 0 Å². The van der Waals surface area contributed by atoms with Crippen LogP contribution in [0.4, 0.5) is 0 Å². The van der Waals surface area contributed by atoms with Crippen LogP contribution in [0.25, 0.3) is 0 Å². The Hall–Kier alpha value is -1.79. The van der Waals surface area contributed by atoms with Crippen molar-refractivity contribution >= 4 is 17.3 Å². The van der Waals surface area contributed by atoms with Crippen molar-refractivity contribution < 1.29 is 0 Å². The lowest BCUT2D eigenvalue weighted by molar-refractivity contribution is 0.435. The summed E-state index contributed by atoms with van der Waals surface area (Å²) >= 11 is 4.92. The predicted octanol–water partition coefficient (Wildman–Crippen LogP) is 0.130. The Morgan fingerprint density at radius 3 is 2.71 bits per heavy atom. The maximum absolute atomic E-state index is 8.86. The lowest BCUT2D eigenvalue weighted by Gasteiger charge is -2.31. The molecule has 0 saturated carbocycles. The molecule has 0 saturated heterocycles. The van der Waals surface area contributed by atoms with Crippen LogP contribution in [0.1, 0.15) is 13.3 Å². The first-order valence-electron chi connectivity index (χ1n) is 4.05. The third kappa shape index (κ3) is 1.48. The van der Waals surface area contributed by atoms with Crippen molar-refractivity contribution in [1.82, 2.24) is 10.2 Å². The maximum Gasteiger partial charge on any atom is 0.188 e. The quantitative estimate of drug-likeness (QED) is 0.469. The molecule has 72 valence electrons. The zero-order chi connectivity index (χ0) is 10.7. The minimum Gasteiger partial charge on any atom is -0.384 e. The topological polar surface area (TPSA) is 88.9 Å². The van der Waals surface area contributed by atoms with E-state index < -0.39 is 0 Å². The van der Waals surface area contributed by atoms with Crippen LogP contribution < -0.4 is 11.1 Å². The smallest absolute Gasteiger partial charge is 0.188 e. The van der Waals surface area contributed by atoms with E-state index in [0.29, 0.717) is 12.0 Å². The fourth-order valence-corrected chi connectivity index (χ4v) is 1.61. The fraction of sp³-hybridized carbons (Fsp3) is 0.375. The van der Waals surface area contributed by atoms with Crippen molar-refractivity contribution in [1.29, 1.82) is 10.5 Å². The summed E-state index contributed by atoms with van der Waals surface area (Å²) in [5, 5.41) is 20.6. The summed E-state index contributed by atoms with van der Waals surface area (Å²) in [5.41, 5.74) is 5.95. The molecule has 3 N–H and O–H groups in total. The number of thiocarbonyl (C=S) groups is 1. The van der Waals surface area contributed by atoms with Crippen molar-refractivity contribution in [2.75, 3.05) is 0 Å². The Kier molecular flexibility index (Phi) is 2.90. The van der Waals surface area contributed by atoms with Gasteiger partial charge in [-0.15, -0.1) is 0 Å². The van der Waals surface area contributed by atoms with E-state index in [9.17, 15) is 0 Å². The van der Waals surface area contributed by atoms with Crippen LogP contribution in [0.5, 0.6) is 0 Å². The molecule has 0 aromatic rings. The minimum absolute atomic E-state index is 0.246. The van der Waals surface area contributed by atoms with Crippen LogP contribution in [0, 0.1) is 22.8 Å². The van der Waals surface area contributed by atoms with Gasteiger partial charge in [0.25, 0.3) is 0 Å². The zero-order valence-corrected chi connectivity index (χ0v) is 8.43. The summed E-state index contributed by atoms with van der Waals surface area (Å²) < 4.78 is 0. The number of hydrogen-bond acceptors (Lipinski definition) is 4. The molecule has 0 spiro atoms. The first-order valence-corrected chi connectivity index (χ1v) is 4.46. The Morgan fingerprint density at radius 1 is 1.64 bits per heavy atom. The summed E-state index contributed by atoms with van der Waals surface area (Å²) in [5.74, 6) is 0.246. The molecule has 1 aliphatic rings. The molecule has 0 bridgehead atoms. The van der Waals surface area contributed by atoms with Crippen LogP contribution >= 0.6 is 12.2 Å². The largest absolute Gasteiger partial charge is 0.384 e. The molecular weight excluding hydrogens is 198 g/mol. The van der Waals surface area contributed by atoms with E-state index in [1.807, 2.05) is 19.2 Å². The number of nitrogens with one attached hydrogen (secondary N) is 1. The van der Waals surface area contributed by atoms with Gasteiger partial charge in [-0.05, 0) is 18.6 Å². The second kappa shape index (κ2) is 3.95. The van der Waals surface area contributed by atoms with Gasteiger partial charge < -0.3 is 11.1 Å². The van der Waals surface area contributed by atoms with Crippen LogP contribution in [0.3, 0.4) is 0 Å². The molecule has 1 heterocycles. The van der Waals surface area contributed by atoms with Crippen LogP contribution in [-0.4, -0.2) is 16.1 Å². The van der Waals surface area contributed by atoms with Gasteiger partial charge in [-0.3, -0.25) is 0 Å². The van der Waals surface area contributed by atoms with Gasteiger partial charge in [-0.25, -0.2) is 4.90 Å². The lowest BCUT2D eigenvalue weighted by atomic mass is 10.0. The molecule has 0 aromatic carbocycles. The van der Waals surface area contributed by atoms with Gasteiger partial charge in [-0.2, -0.15) is 10.5 Å². The molecule has 6 heteroatoms. The van der Waals surface area contributed by atoms with Crippen molar-refractivity contribution in [2.24, 2.45) is 5.73 Å². The van der Waals surface area contributed by atoms with Crippen LogP contribution in [0.15, 0.2) is 11.4 Å². The Balaban J connectivity index is 3.17. The second-order valence-electron chi connectivity index (χ2n) is 2.76.